The van der Waals surface area contributed by atoms with Crippen molar-refractivity contribution >= 4 is 33.3 Å². The van der Waals surface area contributed by atoms with Gasteiger partial charge >= 0.3 is 5.97 Å². The third kappa shape index (κ3) is 4.47. The van der Waals surface area contributed by atoms with Crippen molar-refractivity contribution in [3.63, 3.8) is 0 Å². The Hall–Kier alpha value is -2.70. The molecule has 0 aliphatic carbocycles. The Bertz CT molecular complexity index is 891. The lowest BCUT2D eigenvalue weighted by molar-refractivity contribution is -0.150. The van der Waals surface area contributed by atoms with E-state index >= 15 is 0 Å². The Morgan fingerprint density at radius 1 is 1.08 bits per heavy atom. The average molecular weight is 369 g/mol. The number of thiophene rings is 1. The number of nitrogens with one attached hydrogen (secondary N) is 1. The molecule has 6 heteroatoms. The number of rotatable bonds is 7. The number of hydrogen-bond acceptors (Lipinski definition) is 5. The van der Waals surface area contributed by atoms with Crippen LogP contribution >= 0.6 is 11.3 Å². The van der Waals surface area contributed by atoms with Gasteiger partial charge in [-0.1, -0.05) is 48.5 Å². The maximum Gasteiger partial charge on any atom is 0.331 e. The van der Waals surface area contributed by atoms with Crippen LogP contribution in [-0.4, -0.2) is 29.6 Å². The Morgan fingerprint density at radius 2 is 1.81 bits per heavy atom. The molecule has 1 unspecified atom stereocenters. The molecule has 0 spiro atoms. The van der Waals surface area contributed by atoms with Crippen molar-refractivity contribution in [1.29, 1.82) is 0 Å². The average Bonchev–Trinajstić information content (AvgIpc) is 3.08. The molecule has 134 valence electrons. The molecule has 0 saturated heterocycles. The van der Waals surface area contributed by atoms with Gasteiger partial charge < -0.3 is 15.2 Å². The Balaban J connectivity index is 1.56. The lowest BCUT2D eigenvalue weighted by Crippen LogP contribution is -2.44. The van der Waals surface area contributed by atoms with Crippen LogP contribution in [0.1, 0.15) is 11.1 Å². The van der Waals surface area contributed by atoms with Gasteiger partial charge in [0.2, 0.25) is 5.91 Å². The lowest BCUT2D eigenvalue weighted by atomic mass is 10.1. The van der Waals surface area contributed by atoms with Crippen LogP contribution in [0.5, 0.6) is 0 Å². The standard InChI is InChI=1S/C20H19NO4S/c22-11-17(20(24)25-12-14-6-2-1-3-7-14)21-19(23)10-15-13-26-18-9-5-4-8-16(15)18/h1-9,13,17,22H,10-12H2,(H,21,23). The molecule has 0 bridgehead atoms. The molecule has 2 N–H and O–H groups in total. The zero-order valence-corrected chi connectivity index (χ0v) is 14.9. The molecule has 2 aromatic carbocycles. The molecule has 3 rings (SSSR count). The Morgan fingerprint density at radius 3 is 2.58 bits per heavy atom. The lowest BCUT2D eigenvalue weighted by Gasteiger charge is -2.15. The van der Waals surface area contributed by atoms with E-state index in [1.807, 2.05) is 60.0 Å². The molecule has 1 aromatic heterocycles. The van der Waals surface area contributed by atoms with Gasteiger partial charge in [0.15, 0.2) is 6.04 Å². The summed E-state index contributed by atoms with van der Waals surface area (Å²) >= 11 is 1.57. The first-order valence-corrected chi connectivity index (χ1v) is 9.11. The highest BCUT2D eigenvalue weighted by Gasteiger charge is 2.22. The number of benzene rings is 2. The summed E-state index contributed by atoms with van der Waals surface area (Å²) in [5.74, 6) is -0.982. The van der Waals surface area contributed by atoms with E-state index in [2.05, 4.69) is 5.32 Å². The Kier molecular flexibility index (Phi) is 5.99. The largest absolute Gasteiger partial charge is 0.459 e. The summed E-state index contributed by atoms with van der Waals surface area (Å²) < 4.78 is 6.28. The molecule has 5 nitrogen and oxygen atoms in total. The number of aliphatic hydroxyl groups is 1. The minimum Gasteiger partial charge on any atom is -0.459 e. The molecule has 0 fully saturated rings. The minimum atomic E-state index is -1.07. The number of carbonyl (C=O) groups excluding carboxylic acids is 2. The summed E-state index contributed by atoms with van der Waals surface area (Å²) in [6.45, 7) is -0.412. The monoisotopic (exact) mass is 369 g/mol. The molecule has 26 heavy (non-hydrogen) atoms. The van der Waals surface area contributed by atoms with E-state index in [1.54, 1.807) is 11.3 Å². The second kappa shape index (κ2) is 8.60. The van der Waals surface area contributed by atoms with Crippen molar-refractivity contribution < 1.29 is 19.4 Å². The first-order chi connectivity index (χ1) is 12.7. The Labute approximate surface area is 155 Å². The van der Waals surface area contributed by atoms with Gasteiger partial charge in [0.25, 0.3) is 0 Å². The van der Waals surface area contributed by atoms with Crippen molar-refractivity contribution in [2.45, 2.75) is 19.1 Å². The molecular weight excluding hydrogens is 350 g/mol. The van der Waals surface area contributed by atoms with E-state index in [9.17, 15) is 14.7 Å². The second-order valence-corrected chi connectivity index (χ2v) is 6.74. The van der Waals surface area contributed by atoms with Gasteiger partial charge in [-0.2, -0.15) is 0 Å². The highest BCUT2D eigenvalue weighted by molar-refractivity contribution is 7.17. The molecular formula is C20H19NO4S. The van der Waals surface area contributed by atoms with Crippen LogP contribution in [0, 0.1) is 0 Å². The number of ether oxygens (including phenoxy) is 1. The van der Waals surface area contributed by atoms with E-state index in [-0.39, 0.29) is 18.9 Å². The zero-order valence-electron chi connectivity index (χ0n) is 14.1. The minimum absolute atomic E-state index is 0.0984. The van der Waals surface area contributed by atoms with Crippen LogP contribution in [0.2, 0.25) is 0 Å². The summed E-state index contributed by atoms with van der Waals surface area (Å²) in [5, 5.41) is 14.9. The van der Waals surface area contributed by atoms with Gasteiger partial charge in [0, 0.05) is 4.70 Å². The molecule has 0 radical (unpaired) electrons. The molecule has 1 atom stereocenters. The van der Waals surface area contributed by atoms with Gasteiger partial charge in [-0.15, -0.1) is 11.3 Å². The van der Waals surface area contributed by atoms with Gasteiger partial charge in [0.1, 0.15) is 6.61 Å². The molecule has 0 saturated carbocycles. The SMILES string of the molecule is O=C(Cc1csc2ccccc12)NC(CO)C(=O)OCc1ccccc1. The van der Waals surface area contributed by atoms with E-state index in [0.29, 0.717) is 0 Å². The number of hydrogen-bond donors (Lipinski definition) is 2. The van der Waals surface area contributed by atoms with Crippen LogP contribution in [-0.2, 0) is 27.4 Å². The molecule has 0 aliphatic rings. The fourth-order valence-electron chi connectivity index (χ4n) is 2.60. The van der Waals surface area contributed by atoms with Crippen LogP contribution in [0.3, 0.4) is 0 Å². The molecule has 3 aromatic rings. The smallest absolute Gasteiger partial charge is 0.331 e. The predicted molar refractivity (Wildman–Crippen MR) is 101 cm³/mol. The van der Waals surface area contributed by atoms with Gasteiger partial charge in [-0.3, -0.25) is 4.79 Å². The molecule has 0 aliphatic heterocycles. The van der Waals surface area contributed by atoms with E-state index in [0.717, 1.165) is 21.2 Å². The van der Waals surface area contributed by atoms with Crippen molar-refractivity contribution in [2.24, 2.45) is 0 Å². The van der Waals surface area contributed by atoms with E-state index < -0.39 is 18.6 Å². The quantitative estimate of drug-likeness (QED) is 0.628. The maximum absolute atomic E-state index is 12.3. The number of carbonyl (C=O) groups is 2. The number of fused-ring (bicyclic) bond motifs is 1. The summed E-state index contributed by atoms with van der Waals surface area (Å²) in [6.07, 6.45) is 0.145. The summed E-state index contributed by atoms with van der Waals surface area (Å²) in [5.41, 5.74) is 1.74. The fraction of sp³-hybridized carbons (Fsp3) is 0.200. The zero-order chi connectivity index (χ0) is 18.4. The normalized spacial score (nSPS) is 11.9. The van der Waals surface area contributed by atoms with Crippen molar-refractivity contribution in [3.8, 4) is 0 Å². The summed E-state index contributed by atoms with van der Waals surface area (Å²) in [4.78, 5) is 24.4. The van der Waals surface area contributed by atoms with Crippen molar-refractivity contribution in [2.75, 3.05) is 6.61 Å². The fourth-order valence-corrected chi connectivity index (χ4v) is 3.56. The second-order valence-electron chi connectivity index (χ2n) is 5.83. The summed E-state index contributed by atoms with van der Waals surface area (Å²) in [6, 6.07) is 16.0. The highest BCUT2D eigenvalue weighted by atomic mass is 32.1. The van der Waals surface area contributed by atoms with Crippen LogP contribution in [0.4, 0.5) is 0 Å². The maximum atomic E-state index is 12.3. The van der Waals surface area contributed by atoms with Crippen LogP contribution in [0.15, 0.2) is 60.0 Å². The number of aliphatic hydroxyl groups excluding tert-OH is 1. The van der Waals surface area contributed by atoms with Crippen LogP contribution in [0.25, 0.3) is 10.1 Å². The van der Waals surface area contributed by atoms with Gasteiger partial charge in [-0.05, 0) is 28.0 Å². The van der Waals surface area contributed by atoms with Gasteiger partial charge in [0.05, 0.1) is 13.0 Å². The summed E-state index contributed by atoms with van der Waals surface area (Å²) in [7, 11) is 0. The van der Waals surface area contributed by atoms with E-state index in [4.69, 9.17) is 4.74 Å². The third-order valence-corrected chi connectivity index (χ3v) is 4.95. The van der Waals surface area contributed by atoms with Gasteiger partial charge in [-0.25, -0.2) is 4.79 Å². The molecule has 1 heterocycles. The molecule has 1 amide bonds. The first kappa shape index (κ1) is 18.1. The third-order valence-electron chi connectivity index (χ3n) is 3.94. The van der Waals surface area contributed by atoms with E-state index in [1.165, 1.54) is 0 Å². The number of esters is 1. The first-order valence-electron chi connectivity index (χ1n) is 8.23. The van der Waals surface area contributed by atoms with Crippen LogP contribution < -0.4 is 5.32 Å². The van der Waals surface area contributed by atoms with Crippen molar-refractivity contribution in [3.05, 3.63) is 71.1 Å². The highest BCUT2D eigenvalue weighted by Crippen LogP contribution is 2.25. The number of amides is 1. The topological polar surface area (TPSA) is 75.6 Å². The predicted octanol–water partition coefficient (Wildman–Crippen LogP) is 2.66. The van der Waals surface area contributed by atoms with Crippen molar-refractivity contribution in [1.82, 2.24) is 5.32 Å².